The monoisotopic (exact) mass is 341 g/mol. The van der Waals surface area contributed by atoms with Crippen LogP contribution in [0.25, 0.3) is 22.8 Å². The molecule has 0 saturated carbocycles. The Morgan fingerprint density at radius 1 is 0.880 bits per heavy atom. The first-order valence-electron chi connectivity index (χ1n) is 8.02. The van der Waals surface area contributed by atoms with Crippen LogP contribution in [-0.4, -0.2) is 26.0 Å². The van der Waals surface area contributed by atoms with Crippen LogP contribution in [0.2, 0.25) is 0 Å². The zero-order valence-electron chi connectivity index (χ0n) is 15.7. The fourth-order valence-corrected chi connectivity index (χ4v) is 1.84. The lowest BCUT2D eigenvalue weighted by atomic mass is 10.1. The van der Waals surface area contributed by atoms with E-state index in [1.165, 1.54) is 5.56 Å². The number of oxazole rings is 1. The Balaban J connectivity index is 0.000000728. The molecule has 134 valence electrons. The van der Waals surface area contributed by atoms with Crippen molar-refractivity contribution in [3.63, 3.8) is 0 Å². The van der Waals surface area contributed by atoms with E-state index in [2.05, 4.69) is 28.8 Å². The lowest BCUT2D eigenvalue weighted by molar-refractivity contribution is -0.0979. The van der Waals surface area contributed by atoms with Crippen LogP contribution in [0.1, 0.15) is 19.4 Å². The number of nitrogens with zero attached hydrogens (tertiary/aromatic N) is 1. The van der Waals surface area contributed by atoms with Crippen LogP contribution in [0.15, 0.2) is 65.2 Å². The second kappa shape index (κ2) is 13.7. The maximum absolute atomic E-state index is 8.00. The van der Waals surface area contributed by atoms with E-state index < -0.39 is 0 Å². The third kappa shape index (κ3) is 7.59. The summed E-state index contributed by atoms with van der Waals surface area (Å²) in [6, 6.07) is 18.1. The fraction of sp³-hybridized carbons (Fsp3) is 0.238. The van der Waals surface area contributed by atoms with Gasteiger partial charge < -0.3 is 13.9 Å². The van der Waals surface area contributed by atoms with Crippen LogP contribution in [0, 0.1) is 6.92 Å². The molecule has 1 aromatic heterocycles. The number of ether oxygens (including phenoxy) is 1. The minimum atomic E-state index is 0.658. The molecule has 0 fully saturated rings. The minimum absolute atomic E-state index is 0.658. The van der Waals surface area contributed by atoms with E-state index in [0.29, 0.717) is 5.89 Å². The van der Waals surface area contributed by atoms with Crippen molar-refractivity contribution in [1.82, 2.24) is 4.98 Å². The summed E-state index contributed by atoms with van der Waals surface area (Å²) in [6.45, 7) is 8.07. The molecule has 25 heavy (non-hydrogen) atoms. The van der Waals surface area contributed by atoms with Gasteiger partial charge in [-0.2, -0.15) is 0 Å². The third-order valence-electron chi connectivity index (χ3n) is 2.86. The Bertz CT molecular complexity index is 676. The number of rotatable bonds is 2. The molecule has 0 aliphatic carbocycles. The van der Waals surface area contributed by atoms with E-state index in [1.54, 1.807) is 20.4 Å². The van der Waals surface area contributed by atoms with Crippen molar-refractivity contribution in [1.29, 1.82) is 0 Å². The van der Waals surface area contributed by atoms with Gasteiger partial charge in [-0.3, -0.25) is 0 Å². The fourth-order valence-electron chi connectivity index (χ4n) is 1.84. The van der Waals surface area contributed by atoms with Gasteiger partial charge in [-0.1, -0.05) is 61.9 Å². The predicted octanol–water partition coefficient (Wildman–Crippen LogP) is 5.42. The van der Waals surface area contributed by atoms with Crippen LogP contribution >= 0.6 is 0 Å². The van der Waals surface area contributed by atoms with Crippen molar-refractivity contribution < 1.29 is 13.9 Å². The molecular weight excluding hydrogens is 314 g/mol. The highest BCUT2D eigenvalue weighted by atomic mass is 16.4. The number of hydrogen-bond donors (Lipinski definition) is 0. The molecule has 2 aromatic carbocycles. The molecule has 0 aliphatic heterocycles. The maximum atomic E-state index is 8.00. The molecule has 0 aliphatic rings. The molecular formula is C21H27NO3. The SMILES string of the molecule is C=O.CC.COC.Cc1ccc(-c2cnc(-c3ccccc3)o2)cc1. The van der Waals surface area contributed by atoms with Crippen LogP contribution in [0.4, 0.5) is 0 Å². The van der Waals surface area contributed by atoms with Gasteiger partial charge in [-0.25, -0.2) is 4.98 Å². The molecule has 4 nitrogen and oxygen atoms in total. The Morgan fingerprint density at radius 3 is 1.92 bits per heavy atom. The second-order valence-electron chi connectivity index (χ2n) is 4.67. The van der Waals surface area contributed by atoms with Gasteiger partial charge in [0.15, 0.2) is 5.76 Å². The highest BCUT2D eigenvalue weighted by Crippen LogP contribution is 2.25. The van der Waals surface area contributed by atoms with Gasteiger partial charge in [-0.15, -0.1) is 0 Å². The predicted molar refractivity (Wildman–Crippen MR) is 104 cm³/mol. The lowest BCUT2D eigenvalue weighted by Gasteiger charge is -1.97. The highest BCUT2D eigenvalue weighted by Gasteiger charge is 2.07. The first-order valence-corrected chi connectivity index (χ1v) is 8.02. The van der Waals surface area contributed by atoms with E-state index in [-0.39, 0.29) is 0 Å². The standard InChI is InChI=1S/C16H13NO.C2H6O.C2H6.CH2O/c1-12-7-9-13(10-8-12)15-11-17-16(18-15)14-5-3-2-4-6-14;1-3-2;2*1-2/h2-11H,1H3;1-2H3;1-2H3;1H2. The van der Waals surface area contributed by atoms with Crippen molar-refractivity contribution in [3.05, 3.63) is 66.4 Å². The van der Waals surface area contributed by atoms with Gasteiger partial charge in [0.05, 0.1) is 6.20 Å². The molecule has 0 spiro atoms. The molecule has 0 unspecified atom stereocenters. The van der Waals surface area contributed by atoms with Crippen LogP contribution < -0.4 is 0 Å². The molecule has 0 radical (unpaired) electrons. The zero-order chi connectivity index (χ0) is 19.1. The van der Waals surface area contributed by atoms with E-state index in [0.717, 1.165) is 16.9 Å². The Morgan fingerprint density at radius 2 is 1.40 bits per heavy atom. The summed E-state index contributed by atoms with van der Waals surface area (Å²) in [7, 11) is 3.25. The Labute approximate surface area is 150 Å². The second-order valence-corrected chi connectivity index (χ2v) is 4.67. The zero-order valence-corrected chi connectivity index (χ0v) is 15.7. The molecule has 0 bridgehead atoms. The number of benzene rings is 2. The summed E-state index contributed by atoms with van der Waals surface area (Å²) in [5, 5.41) is 0. The molecule has 3 rings (SSSR count). The topological polar surface area (TPSA) is 52.3 Å². The number of methoxy groups -OCH3 is 1. The molecule has 0 amide bonds. The average molecular weight is 341 g/mol. The number of aryl methyl sites for hydroxylation is 1. The van der Waals surface area contributed by atoms with E-state index >= 15 is 0 Å². The average Bonchev–Trinajstić information content (AvgIpc) is 3.17. The van der Waals surface area contributed by atoms with Crippen molar-refractivity contribution in [2.75, 3.05) is 14.2 Å². The number of carbonyl (C=O) groups excluding carboxylic acids is 1. The summed E-state index contributed by atoms with van der Waals surface area (Å²) >= 11 is 0. The van der Waals surface area contributed by atoms with Crippen LogP contribution in [0.3, 0.4) is 0 Å². The van der Waals surface area contributed by atoms with Gasteiger partial charge in [0.25, 0.3) is 0 Å². The maximum Gasteiger partial charge on any atom is 0.226 e. The quantitative estimate of drug-likeness (QED) is 0.624. The summed E-state index contributed by atoms with van der Waals surface area (Å²) in [5.41, 5.74) is 3.28. The van der Waals surface area contributed by atoms with Gasteiger partial charge in [-0.05, 0) is 19.1 Å². The first kappa shape index (κ1) is 22.3. The molecule has 4 heteroatoms. The number of aromatic nitrogens is 1. The van der Waals surface area contributed by atoms with Crippen molar-refractivity contribution in [3.8, 4) is 22.8 Å². The largest absolute Gasteiger partial charge is 0.436 e. The molecule has 0 N–H and O–H groups in total. The van der Waals surface area contributed by atoms with Gasteiger partial charge in [0, 0.05) is 25.3 Å². The van der Waals surface area contributed by atoms with Gasteiger partial charge >= 0.3 is 0 Å². The third-order valence-corrected chi connectivity index (χ3v) is 2.86. The summed E-state index contributed by atoms with van der Waals surface area (Å²) in [5.74, 6) is 1.46. The number of hydrogen-bond acceptors (Lipinski definition) is 4. The van der Waals surface area contributed by atoms with Crippen molar-refractivity contribution in [2.45, 2.75) is 20.8 Å². The summed E-state index contributed by atoms with van der Waals surface area (Å²) in [6.07, 6.45) is 1.77. The Hall–Kier alpha value is -2.72. The van der Waals surface area contributed by atoms with E-state index in [4.69, 9.17) is 9.21 Å². The van der Waals surface area contributed by atoms with Crippen molar-refractivity contribution >= 4 is 6.79 Å². The summed E-state index contributed by atoms with van der Waals surface area (Å²) in [4.78, 5) is 12.3. The molecule has 0 saturated heterocycles. The van der Waals surface area contributed by atoms with E-state index in [9.17, 15) is 0 Å². The van der Waals surface area contributed by atoms with Gasteiger partial charge in [0.2, 0.25) is 5.89 Å². The number of carbonyl (C=O) groups is 1. The highest BCUT2D eigenvalue weighted by molar-refractivity contribution is 5.61. The van der Waals surface area contributed by atoms with Crippen LogP contribution in [-0.2, 0) is 9.53 Å². The molecule has 0 atom stereocenters. The first-order chi connectivity index (χ1) is 12.2. The lowest BCUT2D eigenvalue weighted by Crippen LogP contribution is -1.75. The van der Waals surface area contributed by atoms with Gasteiger partial charge in [0.1, 0.15) is 6.79 Å². The van der Waals surface area contributed by atoms with Crippen molar-refractivity contribution in [2.24, 2.45) is 0 Å². The molecule has 1 heterocycles. The smallest absolute Gasteiger partial charge is 0.226 e. The summed E-state index contributed by atoms with van der Waals surface area (Å²) < 4.78 is 10.0. The van der Waals surface area contributed by atoms with E-state index in [1.807, 2.05) is 63.1 Å². The molecule has 3 aromatic rings. The normalized spacial score (nSPS) is 8.68. The van der Waals surface area contributed by atoms with Crippen LogP contribution in [0.5, 0.6) is 0 Å². The Kier molecular flexibility index (Phi) is 12.2. The minimum Gasteiger partial charge on any atom is -0.436 e.